The van der Waals surface area contributed by atoms with Crippen LogP contribution in [0.15, 0.2) is 42.5 Å². The van der Waals surface area contributed by atoms with Crippen LogP contribution in [-0.4, -0.2) is 30.9 Å². The Morgan fingerprint density at radius 2 is 1.92 bits per heavy atom. The van der Waals surface area contributed by atoms with Crippen LogP contribution in [0.3, 0.4) is 0 Å². The van der Waals surface area contributed by atoms with Gasteiger partial charge in [-0.05, 0) is 55.9 Å². The Bertz CT molecular complexity index is 692. The maximum Gasteiger partial charge on any atom is 0.330 e. The third-order valence-corrected chi connectivity index (χ3v) is 4.00. The molecule has 0 aliphatic heterocycles. The van der Waals surface area contributed by atoms with Crippen molar-refractivity contribution < 1.29 is 19.1 Å². The Kier molecular flexibility index (Phi) is 7.61. The molecule has 26 heavy (non-hydrogen) atoms. The summed E-state index contributed by atoms with van der Waals surface area (Å²) in [5, 5.41) is 5.24. The van der Waals surface area contributed by atoms with Gasteiger partial charge in [0, 0.05) is 18.3 Å². The predicted molar refractivity (Wildman–Crippen MR) is 100 cm³/mol. The molecule has 6 nitrogen and oxygen atoms in total. The van der Waals surface area contributed by atoms with E-state index in [1.807, 2.05) is 0 Å². The fourth-order valence-electron chi connectivity index (χ4n) is 2.58. The number of allylic oxidation sites excluding steroid dienone is 2. The van der Waals surface area contributed by atoms with Gasteiger partial charge in [0.25, 0.3) is 0 Å². The van der Waals surface area contributed by atoms with Gasteiger partial charge in [0.05, 0.1) is 6.61 Å². The molecule has 1 aliphatic rings. The van der Waals surface area contributed by atoms with E-state index < -0.39 is 17.8 Å². The van der Waals surface area contributed by atoms with E-state index in [4.69, 9.17) is 4.74 Å². The average Bonchev–Trinajstić information content (AvgIpc) is 2.66. The van der Waals surface area contributed by atoms with Gasteiger partial charge in [-0.25, -0.2) is 4.79 Å². The predicted octanol–water partition coefficient (Wildman–Crippen LogP) is 2.67. The van der Waals surface area contributed by atoms with Crippen molar-refractivity contribution in [1.29, 1.82) is 0 Å². The minimum Gasteiger partial charge on any atom is -0.463 e. The molecule has 1 aromatic rings. The number of anilines is 1. The van der Waals surface area contributed by atoms with Crippen molar-refractivity contribution in [2.24, 2.45) is 5.92 Å². The van der Waals surface area contributed by atoms with Crippen LogP contribution >= 0.6 is 0 Å². The number of esters is 1. The second kappa shape index (κ2) is 10.2. The fourth-order valence-corrected chi connectivity index (χ4v) is 2.58. The number of carbonyl (C=O) groups excluding carboxylic acids is 3. The lowest BCUT2D eigenvalue weighted by molar-refractivity contribution is -0.137. The summed E-state index contributed by atoms with van der Waals surface area (Å²) in [4.78, 5) is 35.1. The smallest absolute Gasteiger partial charge is 0.330 e. The van der Waals surface area contributed by atoms with Crippen LogP contribution in [0, 0.1) is 5.92 Å². The summed E-state index contributed by atoms with van der Waals surface area (Å²) in [6.07, 6.45) is 10.2. The molecule has 0 radical (unpaired) electrons. The number of hydrogen-bond acceptors (Lipinski definition) is 4. The summed E-state index contributed by atoms with van der Waals surface area (Å²) in [7, 11) is 0. The first-order valence-electron chi connectivity index (χ1n) is 8.77. The van der Waals surface area contributed by atoms with Crippen molar-refractivity contribution in [2.45, 2.75) is 26.2 Å². The van der Waals surface area contributed by atoms with Gasteiger partial charge in [-0.2, -0.15) is 0 Å². The number of carbonyl (C=O) groups is 3. The highest BCUT2D eigenvalue weighted by Gasteiger charge is 2.16. The Hall–Kier alpha value is -2.89. The molecule has 2 amide bonds. The summed E-state index contributed by atoms with van der Waals surface area (Å²) in [5.74, 6) is -1.34. The molecule has 1 unspecified atom stereocenters. The average molecular weight is 356 g/mol. The Morgan fingerprint density at radius 3 is 2.58 bits per heavy atom. The van der Waals surface area contributed by atoms with Crippen molar-refractivity contribution in [3.63, 3.8) is 0 Å². The van der Waals surface area contributed by atoms with E-state index in [1.54, 1.807) is 37.3 Å². The maximum atomic E-state index is 11.9. The molecule has 0 aromatic heterocycles. The first-order chi connectivity index (χ1) is 12.6. The van der Waals surface area contributed by atoms with Gasteiger partial charge < -0.3 is 15.4 Å². The lowest BCUT2D eigenvalue weighted by Gasteiger charge is -2.17. The molecule has 1 aliphatic carbocycles. The highest BCUT2D eigenvalue weighted by molar-refractivity contribution is 6.39. The molecule has 6 heteroatoms. The van der Waals surface area contributed by atoms with Crippen molar-refractivity contribution in [2.75, 3.05) is 18.5 Å². The van der Waals surface area contributed by atoms with Crippen LogP contribution < -0.4 is 10.6 Å². The van der Waals surface area contributed by atoms with E-state index in [2.05, 4.69) is 22.8 Å². The molecule has 0 spiro atoms. The molecule has 2 rings (SSSR count). The normalized spacial score (nSPS) is 16.3. The highest BCUT2D eigenvalue weighted by atomic mass is 16.5. The van der Waals surface area contributed by atoms with E-state index in [9.17, 15) is 14.4 Å². The molecule has 0 saturated carbocycles. The zero-order valence-electron chi connectivity index (χ0n) is 14.9. The van der Waals surface area contributed by atoms with Gasteiger partial charge in [0.2, 0.25) is 0 Å². The topological polar surface area (TPSA) is 84.5 Å². The molecule has 2 N–H and O–H groups in total. The minimum absolute atomic E-state index is 0.327. The number of hydrogen-bond donors (Lipinski definition) is 2. The Morgan fingerprint density at radius 1 is 1.15 bits per heavy atom. The zero-order valence-corrected chi connectivity index (χ0v) is 14.9. The lowest BCUT2D eigenvalue weighted by atomic mass is 9.94. The quantitative estimate of drug-likeness (QED) is 0.355. The Labute approximate surface area is 153 Å². The summed E-state index contributed by atoms with van der Waals surface area (Å²) >= 11 is 0. The fraction of sp³-hybridized carbons (Fsp3) is 0.350. The molecule has 0 fully saturated rings. The molecular formula is C20H24N2O4. The molecule has 1 atom stereocenters. The molecule has 138 valence electrons. The second-order valence-electron chi connectivity index (χ2n) is 6.02. The van der Waals surface area contributed by atoms with Crippen LogP contribution in [0.25, 0.3) is 6.08 Å². The monoisotopic (exact) mass is 356 g/mol. The van der Waals surface area contributed by atoms with E-state index in [0.29, 0.717) is 24.8 Å². The first-order valence-corrected chi connectivity index (χ1v) is 8.77. The van der Waals surface area contributed by atoms with Crippen molar-refractivity contribution in [3.8, 4) is 0 Å². The van der Waals surface area contributed by atoms with E-state index in [0.717, 1.165) is 24.8 Å². The first kappa shape index (κ1) is 19.4. The molecular weight excluding hydrogens is 332 g/mol. The summed E-state index contributed by atoms with van der Waals surface area (Å²) in [6, 6.07) is 6.80. The van der Waals surface area contributed by atoms with Crippen LogP contribution in [0.5, 0.6) is 0 Å². The van der Waals surface area contributed by atoms with Crippen LogP contribution in [0.4, 0.5) is 5.69 Å². The van der Waals surface area contributed by atoms with Gasteiger partial charge >= 0.3 is 17.8 Å². The number of nitrogens with one attached hydrogen (secondary N) is 2. The minimum atomic E-state index is -0.689. The summed E-state index contributed by atoms with van der Waals surface area (Å²) < 4.78 is 4.80. The lowest BCUT2D eigenvalue weighted by Crippen LogP contribution is -2.38. The molecule has 0 heterocycles. The third kappa shape index (κ3) is 6.55. The van der Waals surface area contributed by atoms with Crippen LogP contribution in [0.2, 0.25) is 0 Å². The van der Waals surface area contributed by atoms with Crippen LogP contribution in [-0.2, 0) is 19.1 Å². The zero-order chi connectivity index (χ0) is 18.8. The third-order valence-electron chi connectivity index (χ3n) is 4.00. The molecule has 1 aromatic carbocycles. The number of rotatable bonds is 6. The van der Waals surface area contributed by atoms with Gasteiger partial charge in [-0.1, -0.05) is 24.3 Å². The molecule has 0 bridgehead atoms. The van der Waals surface area contributed by atoms with Crippen LogP contribution in [0.1, 0.15) is 31.7 Å². The van der Waals surface area contributed by atoms with E-state index >= 15 is 0 Å². The van der Waals surface area contributed by atoms with E-state index in [-0.39, 0.29) is 0 Å². The van der Waals surface area contributed by atoms with E-state index in [1.165, 1.54) is 6.08 Å². The Balaban J connectivity index is 1.79. The maximum absolute atomic E-state index is 11.9. The van der Waals surface area contributed by atoms with Gasteiger partial charge in [-0.3, -0.25) is 9.59 Å². The van der Waals surface area contributed by atoms with Crippen molar-refractivity contribution >= 4 is 29.5 Å². The SMILES string of the molecule is CCOC(=O)/C=C/c1ccc(NC(=O)C(=O)NCC2CC=CCC2)cc1. The highest BCUT2D eigenvalue weighted by Crippen LogP contribution is 2.17. The summed E-state index contributed by atoms with van der Waals surface area (Å²) in [6.45, 7) is 2.58. The number of ether oxygens (including phenoxy) is 1. The van der Waals surface area contributed by atoms with Crippen molar-refractivity contribution in [1.82, 2.24) is 5.32 Å². The van der Waals surface area contributed by atoms with Gasteiger partial charge in [0.1, 0.15) is 0 Å². The number of benzene rings is 1. The largest absolute Gasteiger partial charge is 0.463 e. The molecule has 0 saturated heterocycles. The standard InChI is InChI=1S/C20H24N2O4/c1-2-26-18(23)13-10-15-8-11-17(12-9-15)22-20(25)19(24)21-14-16-6-4-3-5-7-16/h3-4,8-13,16H,2,5-7,14H2,1H3,(H,21,24)(H,22,25)/b13-10+. The number of amides is 2. The van der Waals surface area contributed by atoms with Crippen molar-refractivity contribution in [3.05, 3.63) is 48.1 Å². The summed E-state index contributed by atoms with van der Waals surface area (Å²) in [5.41, 5.74) is 1.30. The second-order valence-corrected chi connectivity index (χ2v) is 6.02. The van der Waals surface area contributed by atoms with Gasteiger partial charge in [-0.15, -0.1) is 0 Å². The van der Waals surface area contributed by atoms with Gasteiger partial charge in [0.15, 0.2) is 0 Å².